The summed E-state index contributed by atoms with van der Waals surface area (Å²) in [5.74, 6) is 0.786. The van der Waals surface area contributed by atoms with Crippen molar-refractivity contribution in [1.29, 1.82) is 0 Å². The van der Waals surface area contributed by atoms with E-state index in [1.54, 1.807) is 0 Å². The minimum atomic E-state index is -0.229. The van der Waals surface area contributed by atoms with Crippen LogP contribution < -0.4 is 0 Å². The van der Waals surface area contributed by atoms with Crippen LogP contribution in [-0.2, 0) is 11.8 Å². The summed E-state index contributed by atoms with van der Waals surface area (Å²) in [5.41, 5.74) is 8.54. The molecular formula is C20H24O2. The molecule has 0 saturated heterocycles. The van der Waals surface area contributed by atoms with Gasteiger partial charge in [-0.25, -0.2) is 0 Å². The van der Waals surface area contributed by atoms with E-state index in [-0.39, 0.29) is 5.41 Å². The average Bonchev–Trinajstić information content (AvgIpc) is 2.41. The molecular weight excluding hydrogens is 272 g/mol. The number of phenolic OH excluding ortho intramolecular Hbond substituents is 2. The molecule has 0 aliphatic heterocycles. The topological polar surface area (TPSA) is 40.5 Å². The van der Waals surface area contributed by atoms with Gasteiger partial charge in [0.05, 0.1) is 0 Å². The van der Waals surface area contributed by atoms with E-state index in [0.29, 0.717) is 11.5 Å². The smallest absolute Gasteiger partial charge is 0.121 e. The largest absolute Gasteiger partial charge is 0.507 e. The first-order chi connectivity index (χ1) is 10.2. The van der Waals surface area contributed by atoms with Gasteiger partial charge in [0.15, 0.2) is 0 Å². The Balaban J connectivity index is 2.39. The van der Waals surface area contributed by atoms with E-state index < -0.39 is 0 Å². The molecule has 0 spiro atoms. The van der Waals surface area contributed by atoms with Crippen LogP contribution in [0, 0.1) is 27.7 Å². The molecule has 0 bridgehead atoms. The molecule has 2 aromatic rings. The fourth-order valence-electron chi connectivity index (χ4n) is 4.46. The summed E-state index contributed by atoms with van der Waals surface area (Å²) >= 11 is 0. The molecule has 2 heteroatoms. The maximum absolute atomic E-state index is 10.4. The second-order valence-electron chi connectivity index (χ2n) is 7.20. The minimum Gasteiger partial charge on any atom is -0.507 e. The third-order valence-corrected chi connectivity index (χ3v) is 5.26. The summed E-state index contributed by atoms with van der Waals surface area (Å²) in [6.45, 7) is 12.3. The fraction of sp³-hybridized carbons (Fsp3) is 0.400. The Bertz CT molecular complexity index is 733. The maximum atomic E-state index is 10.4. The van der Waals surface area contributed by atoms with Crippen molar-refractivity contribution in [2.75, 3.05) is 0 Å². The predicted molar refractivity (Wildman–Crippen MR) is 90.1 cm³/mol. The molecule has 22 heavy (non-hydrogen) atoms. The van der Waals surface area contributed by atoms with Crippen molar-refractivity contribution in [3.63, 3.8) is 0 Å². The number of rotatable bonds is 0. The van der Waals surface area contributed by atoms with Gasteiger partial charge < -0.3 is 10.2 Å². The van der Waals surface area contributed by atoms with E-state index >= 15 is 0 Å². The lowest BCUT2D eigenvalue weighted by molar-refractivity contribution is 0.456. The zero-order valence-electron chi connectivity index (χ0n) is 14.3. The number of phenols is 2. The van der Waals surface area contributed by atoms with Crippen LogP contribution in [0.25, 0.3) is 0 Å². The van der Waals surface area contributed by atoms with Crippen LogP contribution in [-0.4, -0.2) is 10.2 Å². The molecule has 0 fully saturated rings. The van der Waals surface area contributed by atoms with Gasteiger partial charge in [-0.05, 0) is 78.6 Å². The van der Waals surface area contributed by atoms with Crippen LogP contribution in [0.1, 0.15) is 58.4 Å². The van der Waals surface area contributed by atoms with Crippen molar-refractivity contribution in [3.05, 3.63) is 56.6 Å². The van der Waals surface area contributed by atoms with Crippen molar-refractivity contribution < 1.29 is 10.2 Å². The molecule has 0 atom stereocenters. The number of hydrogen-bond acceptors (Lipinski definition) is 2. The fourth-order valence-corrected chi connectivity index (χ4v) is 4.46. The van der Waals surface area contributed by atoms with Gasteiger partial charge in [0.2, 0.25) is 0 Å². The molecule has 1 aliphatic carbocycles. The second kappa shape index (κ2) is 4.52. The highest BCUT2D eigenvalue weighted by atomic mass is 16.3. The normalized spacial score (nSPS) is 15.4. The van der Waals surface area contributed by atoms with E-state index in [1.165, 1.54) is 22.3 Å². The first-order valence-corrected chi connectivity index (χ1v) is 7.81. The molecule has 116 valence electrons. The van der Waals surface area contributed by atoms with Gasteiger partial charge in [-0.1, -0.05) is 26.0 Å². The van der Waals surface area contributed by atoms with Gasteiger partial charge in [-0.3, -0.25) is 0 Å². The molecule has 0 amide bonds. The van der Waals surface area contributed by atoms with Crippen molar-refractivity contribution in [2.45, 2.75) is 53.4 Å². The number of aryl methyl sites for hydroxylation is 2. The monoisotopic (exact) mass is 296 g/mol. The van der Waals surface area contributed by atoms with Crippen molar-refractivity contribution in [3.8, 4) is 11.5 Å². The lowest BCUT2D eigenvalue weighted by atomic mass is 9.65. The van der Waals surface area contributed by atoms with Crippen molar-refractivity contribution >= 4 is 0 Å². The molecule has 2 nitrogen and oxygen atoms in total. The summed E-state index contributed by atoms with van der Waals surface area (Å²) < 4.78 is 0. The van der Waals surface area contributed by atoms with Crippen molar-refractivity contribution in [1.82, 2.24) is 0 Å². The van der Waals surface area contributed by atoms with Gasteiger partial charge in [-0.15, -0.1) is 0 Å². The van der Waals surface area contributed by atoms with Crippen molar-refractivity contribution in [2.24, 2.45) is 0 Å². The lowest BCUT2D eigenvalue weighted by Gasteiger charge is -2.39. The zero-order valence-corrected chi connectivity index (χ0v) is 14.3. The molecule has 0 aromatic heterocycles. The summed E-state index contributed by atoms with van der Waals surface area (Å²) in [4.78, 5) is 0. The van der Waals surface area contributed by atoms with Gasteiger partial charge in [-0.2, -0.15) is 0 Å². The molecule has 1 aliphatic rings. The van der Waals surface area contributed by atoms with E-state index in [2.05, 4.69) is 26.0 Å². The SMILES string of the molecule is Cc1cc2c(c(C)c1O)C(C)(C)c1c(cc(C)c(O)c1C)C2. The zero-order chi connectivity index (χ0) is 16.4. The Morgan fingerprint density at radius 1 is 0.773 bits per heavy atom. The predicted octanol–water partition coefficient (Wildman–Crippen LogP) is 4.56. The summed E-state index contributed by atoms with van der Waals surface area (Å²) in [6.07, 6.45) is 0.859. The number of hydrogen-bond donors (Lipinski definition) is 2. The Morgan fingerprint density at radius 2 is 1.14 bits per heavy atom. The third-order valence-electron chi connectivity index (χ3n) is 5.26. The Labute approximate surface area is 132 Å². The van der Waals surface area contributed by atoms with Gasteiger partial charge in [0.1, 0.15) is 11.5 Å². The molecule has 2 aromatic carbocycles. The average molecular weight is 296 g/mol. The summed E-state index contributed by atoms with van der Waals surface area (Å²) in [7, 11) is 0. The number of aromatic hydroxyl groups is 2. The molecule has 0 radical (unpaired) electrons. The maximum Gasteiger partial charge on any atom is 0.121 e. The van der Waals surface area contributed by atoms with E-state index in [0.717, 1.165) is 28.7 Å². The molecule has 3 rings (SSSR count). The van der Waals surface area contributed by atoms with Crippen LogP contribution in [0.3, 0.4) is 0 Å². The first kappa shape index (κ1) is 15.0. The number of fused-ring (bicyclic) bond motifs is 2. The Hall–Kier alpha value is -1.96. The quantitative estimate of drug-likeness (QED) is 0.748. The van der Waals surface area contributed by atoms with Crippen LogP contribution in [0.15, 0.2) is 12.1 Å². The van der Waals surface area contributed by atoms with Crippen LogP contribution >= 0.6 is 0 Å². The van der Waals surface area contributed by atoms with E-state index in [1.807, 2.05) is 27.7 Å². The molecule has 0 heterocycles. The molecule has 2 N–H and O–H groups in total. The van der Waals surface area contributed by atoms with Gasteiger partial charge in [0.25, 0.3) is 0 Å². The third kappa shape index (κ3) is 1.79. The Morgan fingerprint density at radius 3 is 1.50 bits per heavy atom. The number of benzene rings is 2. The van der Waals surface area contributed by atoms with Gasteiger partial charge >= 0.3 is 0 Å². The first-order valence-electron chi connectivity index (χ1n) is 7.81. The lowest BCUT2D eigenvalue weighted by Crippen LogP contribution is -2.29. The second-order valence-corrected chi connectivity index (χ2v) is 7.20. The standard InChI is InChI=1S/C20H24O2/c1-10-7-14-9-15-8-11(2)19(22)13(4)17(15)20(5,6)16(14)12(3)18(10)21/h7-8,21-22H,9H2,1-6H3. The summed E-state index contributed by atoms with van der Waals surface area (Å²) in [6, 6.07) is 4.22. The van der Waals surface area contributed by atoms with E-state index in [4.69, 9.17) is 0 Å². The van der Waals surface area contributed by atoms with E-state index in [9.17, 15) is 10.2 Å². The highest BCUT2D eigenvalue weighted by Crippen LogP contribution is 2.48. The highest BCUT2D eigenvalue weighted by Gasteiger charge is 2.37. The van der Waals surface area contributed by atoms with Gasteiger partial charge in [0, 0.05) is 5.41 Å². The van der Waals surface area contributed by atoms with Crippen LogP contribution in [0.4, 0.5) is 0 Å². The summed E-state index contributed by atoms with van der Waals surface area (Å²) in [5, 5.41) is 20.7. The minimum absolute atomic E-state index is 0.229. The molecule has 0 unspecified atom stereocenters. The van der Waals surface area contributed by atoms with Crippen LogP contribution in [0.2, 0.25) is 0 Å². The van der Waals surface area contributed by atoms with Crippen LogP contribution in [0.5, 0.6) is 11.5 Å². The molecule has 0 saturated carbocycles. The Kier molecular flexibility index (Phi) is 3.07. The highest BCUT2D eigenvalue weighted by molar-refractivity contribution is 5.64.